The van der Waals surface area contributed by atoms with Crippen LogP contribution in [0.5, 0.6) is 0 Å². The summed E-state index contributed by atoms with van der Waals surface area (Å²) < 4.78 is 0. The highest BCUT2D eigenvalue weighted by molar-refractivity contribution is 5.92. The van der Waals surface area contributed by atoms with Crippen molar-refractivity contribution in [1.82, 2.24) is 16.0 Å². The summed E-state index contributed by atoms with van der Waals surface area (Å²) in [5.41, 5.74) is 16.3. The van der Waals surface area contributed by atoms with Gasteiger partial charge in [-0.3, -0.25) is 19.4 Å². The Hall–Kier alpha value is -2.93. The molecule has 0 radical (unpaired) electrons. The van der Waals surface area contributed by atoms with Gasteiger partial charge < -0.3 is 43.4 Å². The van der Waals surface area contributed by atoms with E-state index in [1.165, 1.54) is 6.92 Å². The molecule has 4 unspecified atom stereocenters. The predicted octanol–water partition coefficient (Wildman–Crippen LogP) is -3.04. The SMILES string of the molecule is CC(C)CC(NC(=O)C(N)CCCN=C(N)N)C(=O)NCC(=O)NC(C(=O)O)C(C)O. The fourth-order valence-corrected chi connectivity index (χ4v) is 2.54. The predicted molar refractivity (Wildman–Crippen MR) is 114 cm³/mol. The lowest BCUT2D eigenvalue weighted by molar-refractivity contribution is -0.144. The van der Waals surface area contributed by atoms with Gasteiger partial charge in [-0.25, -0.2) is 4.79 Å². The van der Waals surface area contributed by atoms with Gasteiger partial charge >= 0.3 is 5.97 Å². The van der Waals surface area contributed by atoms with Gasteiger partial charge in [0.05, 0.1) is 18.7 Å². The number of aliphatic hydroxyl groups is 1. The number of hydrogen-bond donors (Lipinski definition) is 8. The van der Waals surface area contributed by atoms with Crippen molar-refractivity contribution in [3.8, 4) is 0 Å². The number of hydrogen-bond acceptors (Lipinski definition) is 7. The highest BCUT2D eigenvalue weighted by Gasteiger charge is 2.27. The number of nitrogens with two attached hydrogens (primary N) is 3. The van der Waals surface area contributed by atoms with Crippen LogP contribution in [-0.4, -0.2) is 77.2 Å². The summed E-state index contributed by atoms with van der Waals surface area (Å²) in [6.07, 6.45) is -0.247. The number of guanidine groups is 1. The molecule has 0 saturated heterocycles. The fraction of sp³-hybridized carbons (Fsp3) is 0.722. The van der Waals surface area contributed by atoms with Gasteiger partial charge in [-0.1, -0.05) is 13.8 Å². The number of nitrogens with one attached hydrogen (secondary N) is 3. The molecule has 13 nitrogen and oxygen atoms in total. The number of carbonyl (C=O) groups excluding carboxylic acids is 3. The standard InChI is InChI=1S/C18H35N7O6/c1-9(2)7-12(24-15(28)11(19)5-4-6-22-18(20)21)16(29)23-8-13(27)25-14(10(3)26)17(30)31/h9-12,14,26H,4-8,19H2,1-3H3,(H,23,29)(H,24,28)(H,25,27)(H,30,31)(H4,20,21,22). The van der Waals surface area contributed by atoms with E-state index in [2.05, 4.69) is 20.9 Å². The molecule has 11 N–H and O–H groups in total. The minimum absolute atomic E-state index is 0.0506. The molecule has 0 aromatic carbocycles. The summed E-state index contributed by atoms with van der Waals surface area (Å²) in [5, 5.41) is 25.4. The summed E-state index contributed by atoms with van der Waals surface area (Å²) >= 11 is 0. The number of carboxylic acid groups (broad SMARTS) is 1. The van der Waals surface area contributed by atoms with Crippen molar-refractivity contribution in [2.24, 2.45) is 28.1 Å². The second-order valence-electron chi connectivity index (χ2n) is 7.59. The van der Waals surface area contributed by atoms with E-state index in [1.54, 1.807) is 0 Å². The molecule has 0 fully saturated rings. The number of carboxylic acids is 1. The Balaban J connectivity index is 4.79. The Bertz CT molecular complexity index is 649. The molecule has 0 saturated carbocycles. The first-order valence-electron chi connectivity index (χ1n) is 9.94. The van der Waals surface area contributed by atoms with E-state index in [4.69, 9.17) is 22.3 Å². The number of aliphatic carboxylic acids is 1. The molecule has 0 heterocycles. The third-order valence-corrected chi connectivity index (χ3v) is 4.13. The van der Waals surface area contributed by atoms with Crippen LogP contribution in [-0.2, 0) is 19.2 Å². The van der Waals surface area contributed by atoms with Crippen LogP contribution in [0.1, 0.15) is 40.0 Å². The molecule has 0 bridgehead atoms. The van der Waals surface area contributed by atoms with Crippen LogP contribution in [0.25, 0.3) is 0 Å². The Morgan fingerprint density at radius 3 is 2.13 bits per heavy atom. The second-order valence-corrected chi connectivity index (χ2v) is 7.59. The Labute approximate surface area is 181 Å². The third-order valence-electron chi connectivity index (χ3n) is 4.13. The minimum atomic E-state index is -1.51. The summed E-state index contributed by atoms with van der Waals surface area (Å²) in [5.74, 6) is -3.36. The molecule has 3 amide bonds. The summed E-state index contributed by atoms with van der Waals surface area (Å²) in [7, 11) is 0. The van der Waals surface area contributed by atoms with Crippen molar-refractivity contribution >= 4 is 29.7 Å². The van der Waals surface area contributed by atoms with Crippen molar-refractivity contribution in [2.45, 2.75) is 64.3 Å². The van der Waals surface area contributed by atoms with Crippen LogP contribution in [0.3, 0.4) is 0 Å². The van der Waals surface area contributed by atoms with Gasteiger partial charge in [-0.15, -0.1) is 0 Å². The van der Waals surface area contributed by atoms with Gasteiger partial charge in [0.1, 0.15) is 6.04 Å². The molecule has 0 aliphatic heterocycles. The normalized spacial score (nSPS) is 14.6. The van der Waals surface area contributed by atoms with Gasteiger partial charge in [0, 0.05) is 6.54 Å². The molecule has 0 aromatic rings. The number of aliphatic imine (C=N–C) groups is 1. The summed E-state index contributed by atoms with van der Waals surface area (Å²) in [6.45, 7) is 4.72. The van der Waals surface area contributed by atoms with Crippen LogP contribution >= 0.6 is 0 Å². The highest BCUT2D eigenvalue weighted by atomic mass is 16.4. The molecule has 178 valence electrons. The van der Waals surface area contributed by atoms with Gasteiger partial charge in [0.15, 0.2) is 12.0 Å². The van der Waals surface area contributed by atoms with Gasteiger partial charge in [-0.2, -0.15) is 0 Å². The first kappa shape index (κ1) is 28.1. The molecule has 13 heteroatoms. The average Bonchev–Trinajstić information content (AvgIpc) is 2.65. The van der Waals surface area contributed by atoms with Crippen LogP contribution in [0.2, 0.25) is 0 Å². The first-order chi connectivity index (χ1) is 14.3. The Morgan fingerprint density at radius 2 is 1.65 bits per heavy atom. The quantitative estimate of drug-likeness (QED) is 0.0769. The highest BCUT2D eigenvalue weighted by Crippen LogP contribution is 2.06. The maximum absolute atomic E-state index is 12.5. The molecular formula is C18H35N7O6. The van der Waals surface area contributed by atoms with Crippen molar-refractivity contribution in [3.63, 3.8) is 0 Å². The van der Waals surface area contributed by atoms with E-state index in [9.17, 15) is 24.3 Å². The molecule has 0 rings (SSSR count). The molecule has 0 aliphatic carbocycles. The van der Waals surface area contributed by atoms with Crippen LogP contribution in [0.4, 0.5) is 0 Å². The van der Waals surface area contributed by atoms with E-state index in [0.717, 1.165) is 0 Å². The zero-order chi connectivity index (χ0) is 24.1. The van der Waals surface area contributed by atoms with Gasteiger partial charge in [0.25, 0.3) is 0 Å². The zero-order valence-electron chi connectivity index (χ0n) is 18.1. The van der Waals surface area contributed by atoms with Crippen molar-refractivity contribution in [1.29, 1.82) is 0 Å². The molecule has 0 aromatic heterocycles. The third kappa shape index (κ3) is 12.4. The van der Waals surface area contributed by atoms with Crippen LogP contribution < -0.4 is 33.2 Å². The average molecular weight is 446 g/mol. The largest absolute Gasteiger partial charge is 0.480 e. The number of nitrogens with zero attached hydrogens (tertiary/aromatic N) is 1. The van der Waals surface area contributed by atoms with Crippen LogP contribution in [0.15, 0.2) is 4.99 Å². The van der Waals surface area contributed by atoms with Crippen molar-refractivity contribution < 1.29 is 29.4 Å². The van der Waals surface area contributed by atoms with E-state index in [0.29, 0.717) is 25.8 Å². The van der Waals surface area contributed by atoms with Crippen LogP contribution in [0, 0.1) is 5.92 Å². The number of carbonyl (C=O) groups is 4. The Kier molecular flexibility index (Phi) is 12.8. The molecular weight excluding hydrogens is 410 g/mol. The first-order valence-corrected chi connectivity index (χ1v) is 9.94. The monoisotopic (exact) mass is 445 g/mol. The van der Waals surface area contributed by atoms with Gasteiger partial charge in [0.2, 0.25) is 17.7 Å². The van der Waals surface area contributed by atoms with Crippen molar-refractivity contribution in [2.75, 3.05) is 13.1 Å². The lowest BCUT2D eigenvalue weighted by Gasteiger charge is -2.22. The zero-order valence-corrected chi connectivity index (χ0v) is 18.1. The maximum Gasteiger partial charge on any atom is 0.328 e. The van der Waals surface area contributed by atoms with E-state index in [-0.39, 0.29) is 11.9 Å². The second kappa shape index (κ2) is 14.1. The molecule has 0 aliphatic rings. The minimum Gasteiger partial charge on any atom is -0.480 e. The Morgan fingerprint density at radius 1 is 1.03 bits per heavy atom. The molecule has 0 spiro atoms. The van der Waals surface area contributed by atoms with Gasteiger partial charge in [-0.05, 0) is 32.1 Å². The molecule has 4 atom stereocenters. The van der Waals surface area contributed by atoms with Crippen molar-refractivity contribution in [3.05, 3.63) is 0 Å². The van der Waals surface area contributed by atoms with E-state index < -0.39 is 54.5 Å². The smallest absolute Gasteiger partial charge is 0.328 e. The number of aliphatic hydroxyl groups excluding tert-OH is 1. The lowest BCUT2D eigenvalue weighted by Crippen LogP contribution is -2.54. The number of amides is 3. The fourth-order valence-electron chi connectivity index (χ4n) is 2.54. The summed E-state index contributed by atoms with van der Waals surface area (Å²) in [4.78, 5) is 51.5. The maximum atomic E-state index is 12.5. The van der Waals surface area contributed by atoms with E-state index in [1.807, 2.05) is 13.8 Å². The van der Waals surface area contributed by atoms with E-state index >= 15 is 0 Å². The number of rotatable bonds is 14. The lowest BCUT2D eigenvalue weighted by atomic mass is 10.0. The summed E-state index contributed by atoms with van der Waals surface area (Å²) in [6, 6.07) is -3.31. The topological polar surface area (TPSA) is 235 Å². The molecule has 31 heavy (non-hydrogen) atoms.